The summed E-state index contributed by atoms with van der Waals surface area (Å²) in [6.07, 6.45) is 0.886. The van der Waals surface area contributed by atoms with E-state index >= 15 is 0 Å². The first-order chi connectivity index (χ1) is 14.2. The molecule has 0 fully saturated rings. The summed E-state index contributed by atoms with van der Waals surface area (Å²) in [4.78, 5) is 5.12. The first-order valence-electron chi connectivity index (χ1n) is 9.87. The van der Waals surface area contributed by atoms with Gasteiger partial charge in [-0.1, -0.05) is 77.8 Å². The van der Waals surface area contributed by atoms with Gasteiger partial charge in [0.25, 0.3) is 0 Å². The number of nitrogens with zero attached hydrogens (tertiary/aromatic N) is 1. The standard InChI is InChI=1S/C25H20Cl2N2/c1-2-28-25-20-10-6-5-9-19(20)23-21(18-12-11-16(26)14-22(18)27)13-15-7-3-4-8-17(15)24(23)29-25/h3-12,14,21H,2,13H2,1H3,(H,28,29). The zero-order chi connectivity index (χ0) is 20.0. The molecule has 5 rings (SSSR count). The third kappa shape index (κ3) is 3.08. The largest absolute Gasteiger partial charge is 0.370 e. The van der Waals surface area contributed by atoms with Crippen molar-refractivity contribution in [1.29, 1.82) is 0 Å². The summed E-state index contributed by atoms with van der Waals surface area (Å²) in [5.41, 5.74) is 5.87. The summed E-state index contributed by atoms with van der Waals surface area (Å²) in [5, 5.41) is 7.17. The maximum atomic E-state index is 6.67. The second kappa shape index (κ2) is 7.37. The fourth-order valence-electron chi connectivity index (χ4n) is 4.45. The number of fused-ring (bicyclic) bond motifs is 5. The van der Waals surface area contributed by atoms with Gasteiger partial charge in [-0.15, -0.1) is 0 Å². The van der Waals surface area contributed by atoms with Crippen LogP contribution < -0.4 is 5.32 Å². The van der Waals surface area contributed by atoms with Crippen molar-refractivity contribution in [2.24, 2.45) is 0 Å². The zero-order valence-electron chi connectivity index (χ0n) is 16.0. The first-order valence-corrected chi connectivity index (χ1v) is 10.6. The molecule has 1 aliphatic rings. The molecule has 0 radical (unpaired) electrons. The third-order valence-electron chi connectivity index (χ3n) is 5.68. The minimum atomic E-state index is 0.123. The molecule has 0 amide bonds. The number of halogens is 2. The number of benzene rings is 3. The van der Waals surface area contributed by atoms with Gasteiger partial charge in [-0.25, -0.2) is 4.98 Å². The van der Waals surface area contributed by atoms with Gasteiger partial charge in [0, 0.05) is 33.5 Å². The topological polar surface area (TPSA) is 24.9 Å². The van der Waals surface area contributed by atoms with Crippen LogP contribution in [-0.4, -0.2) is 11.5 Å². The molecular formula is C25H20Cl2N2. The summed E-state index contributed by atoms with van der Waals surface area (Å²) >= 11 is 12.9. The van der Waals surface area contributed by atoms with Crippen LogP contribution in [-0.2, 0) is 6.42 Å². The van der Waals surface area contributed by atoms with Crippen LogP contribution in [0, 0.1) is 0 Å². The van der Waals surface area contributed by atoms with E-state index in [0.29, 0.717) is 10.0 Å². The van der Waals surface area contributed by atoms with Crippen molar-refractivity contribution in [2.75, 3.05) is 11.9 Å². The lowest BCUT2D eigenvalue weighted by molar-refractivity contribution is 0.795. The van der Waals surface area contributed by atoms with E-state index in [9.17, 15) is 0 Å². The molecule has 29 heavy (non-hydrogen) atoms. The molecule has 2 nitrogen and oxygen atoms in total. The Morgan fingerprint density at radius 3 is 2.52 bits per heavy atom. The molecule has 1 aromatic heterocycles. The molecular weight excluding hydrogens is 399 g/mol. The van der Waals surface area contributed by atoms with Gasteiger partial charge in [0.1, 0.15) is 5.82 Å². The summed E-state index contributed by atoms with van der Waals surface area (Å²) < 4.78 is 0. The first kappa shape index (κ1) is 18.5. The van der Waals surface area contributed by atoms with Gasteiger partial charge in [-0.3, -0.25) is 0 Å². The van der Waals surface area contributed by atoms with Crippen LogP contribution in [0.15, 0.2) is 66.7 Å². The highest BCUT2D eigenvalue weighted by Gasteiger charge is 2.31. The van der Waals surface area contributed by atoms with Gasteiger partial charge in [-0.2, -0.15) is 0 Å². The van der Waals surface area contributed by atoms with Crippen LogP contribution in [0.3, 0.4) is 0 Å². The normalized spacial score (nSPS) is 15.1. The predicted molar refractivity (Wildman–Crippen MR) is 123 cm³/mol. The molecule has 0 saturated heterocycles. The molecule has 0 spiro atoms. The van der Waals surface area contributed by atoms with Crippen LogP contribution >= 0.6 is 23.2 Å². The van der Waals surface area contributed by atoms with Crippen LogP contribution in [0.25, 0.3) is 22.0 Å². The molecule has 3 aromatic carbocycles. The Balaban J connectivity index is 1.86. The Labute approximate surface area is 180 Å². The van der Waals surface area contributed by atoms with Crippen molar-refractivity contribution in [3.8, 4) is 11.3 Å². The van der Waals surface area contributed by atoms with Gasteiger partial charge in [0.2, 0.25) is 0 Å². The van der Waals surface area contributed by atoms with E-state index in [1.54, 1.807) is 0 Å². The Kier molecular flexibility index (Phi) is 4.69. The number of rotatable bonds is 3. The number of aromatic nitrogens is 1. The van der Waals surface area contributed by atoms with E-state index < -0.39 is 0 Å². The molecule has 144 valence electrons. The molecule has 1 heterocycles. The molecule has 0 aliphatic heterocycles. The quantitative estimate of drug-likeness (QED) is 0.376. The maximum Gasteiger partial charge on any atom is 0.134 e. The Bertz CT molecular complexity index is 1230. The van der Waals surface area contributed by atoms with Crippen molar-refractivity contribution in [3.05, 3.63) is 93.5 Å². The van der Waals surface area contributed by atoms with E-state index in [4.69, 9.17) is 28.2 Å². The Morgan fingerprint density at radius 2 is 1.72 bits per heavy atom. The van der Waals surface area contributed by atoms with E-state index in [0.717, 1.165) is 35.4 Å². The molecule has 4 heteroatoms. The lowest BCUT2D eigenvalue weighted by Crippen LogP contribution is -2.16. The van der Waals surface area contributed by atoms with Crippen LogP contribution in [0.4, 0.5) is 5.82 Å². The minimum absolute atomic E-state index is 0.123. The highest BCUT2D eigenvalue weighted by Crippen LogP contribution is 2.47. The second-order valence-corrected chi connectivity index (χ2v) is 8.22. The lowest BCUT2D eigenvalue weighted by atomic mass is 9.76. The Morgan fingerprint density at radius 1 is 0.966 bits per heavy atom. The van der Waals surface area contributed by atoms with E-state index in [1.165, 1.54) is 22.1 Å². The molecule has 1 unspecified atom stereocenters. The average Bonchev–Trinajstić information content (AvgIpc) is 2.73. The van der Waals surface area contributed by atoms with E-state index in [2.05, 4.69) is 66.8 Å². The van der Waals surface area contributed by atoms with Crippen molar-refractivity contribution in [1.82, 2.24) is 4.98 Å². The Hall–Kier alpha value is -2.55. The van der Waals surface area contributed by atoms with E-state index in [1.807, 2.05) is 12.1 Å². The molecule has 0 bridgehead atoms. The van der Waals surface area contributed by atoms with Crippen molar-refractivity contribution in [2.45, 2.75) is 19.3 Å². The SMILES string of the molecule is CCNc1nc2c(c3ccccc13)C(c1ccc(Cl)cc1Cl)Cc1ccccc1-2. The smallest absolute Gasteiger partial charge is 0.134 e. The van der Waals surface area contributed by atoms with Gasteiger partial charge in [-0.05, 0) is 47.6 Å². The van der Waals surface area contributed by atoms with Crippen molar-refractivity contribution >= 4 is 39.8 Å². The number of hydrogen-bond acceptors (Lipinski definition) is 2. The number of hydrogen-bond donors (Lipinski definition) is 1. The number of anilines is 1. The summed E-state index contributed by atoms with van der Waals surface area (Å²) in [6.45, 7) is 2.92. The minimum Gasteiger partial charge on any atom is -0.370 e. The highest BCUT2D eigenvalue weighted by molar-refractivity contribution is 6.35. The van der Waals surface area contributed by atoms with Gasteiger partial charge in [0.15, 0.2) is 0 Å². The molecule has 4 aromatic rings. The van der Waals surface area contributed by atoms with Gasteiger partial charge in [0.05, 0.1) is 5.69 Å². The summed E-state index contributed by atoms with van der Waals surface area (Å²) in [6, 6.07) is 22.9. The maximum absolute atomic E-state index is 6.67. The monoisotopic (exact) mass is 418 g/mol. The summed E-state index contributed by atoms with van der Waals surface area (Å²) in [5.74, 6) is 1.05. The van der Waals surface area contributed by atoms with Crippen LogP contribution in [0.5, 0.6) is 0 Å². The highest BCUT2D eigenvalue weighted by atomic mass is 35.5. The number of pyridine rings is 1. The average molecular weight is 419 g/mol. The molecule has 0 saturated carbocycles. The molecule has 1 N–H and O–H groups in total. The van der Waals surface area contributed by atoms with Crippen molar-refractivity contribution < 1.29 is 0 Å². The van der Waals surface area contributed by atoms with Gasteiger partial charge >= 0.3 is 0 Å². The lowest BCUT2D eigenvalue weighted by Gasteiger charge is -2.30. The fraction of sp³-hybridized carbons (Fsp3) is 0.160. The molecule has 1 aliphatic carbocycles. The fourth-order valence-corrected chi connectivity index (χ4v) is 4.99. The number of nitrogens with one attached hydrogen (secondary N) is 1. The van der Waals surface area contributed by atoms with Crippen LogP contribution in [0.1, 0.15) is 29.5 Å². The third-order valence-corrected chi connectivity index (χ3v) is 6.24. The second-order valence-electron chi connectivity index (χ2n) is 7.38. The van der Waals surface area contributed by atoms with E-state index in [-0.39, 0.29) is 5.92 Å². The molecule has 1 atom stereocenters. The van der Waals surface area contributed by atoms with Crippen molar-refractivity contribution in [3.63, 3.8) is 0 Å². The summed E-state index contributed by atoms with van der Waals surface area (Å²) in [7, 11) is 0. The predicted octanol–water partition coefficient (Wildman–Crippen LogP) is 7.33. The van der Waals surface area contributed by atoms with Gasteiger partial charge < -0.3 is 5.32 Å². The zero-order valence-corrected chi connectivity index (χ0v) is 17.6. The van der Waals surface area contributed by atoms with Crippen LogP contribution in [0.2, 0.25) is 10.0 Å².